The van der Waals surface area contributed by atoms with E-state index in [4.69, 9.17) is 0 Å². The van der Waals surface area contributed by atoms with E-state index < -0.39 is 12.1 Å². The predicted octanol–water partition coefficient (Wildman–Crippen LogP) is 5.02. The van der Waals surface area contributed by atoms with Gasteiger partial charge in [0, 0.05) is 60.6 Å². The molecule has 0 aromatic heterocycles. The van der Waals surface area contributed by atoms with Crippen LogP contribution in [0.2, 0.25) is 0 Å². The summed E-state index contributed by atoms with van der Waals surface area (Å²) in [5.74, 6) is -0.363. The van der Waals surface area contributed by atoms with Gasteiger partial charge in [-0.2, -0.15) is 0 Å². The minimum Gasteiger partial charge on any atom is -0.342 e. The van der Waals surface area contributed by atoms with E-state index in [-0.39, 0.29) is 30.3 Å². The van der Waals surface area contributed by atoms with Crippen LogP contribution in [-0.2, 0) is 20.6 Å². The summed E-state index contributed by atoms with van der Waals surface area (Å²) in [6, 6.07) is 14.3. The number of hydrogen-bond donors (Lipinski definition) is 3. The largest absolute Gasteiger partial charge is 0.342 e. The van der Waals surface area contributed by atoms with Crippen LogP contribution in [0.5, 0.6) is 0 Å². The van der Waals surface area contributed by atoms with E-state index in [0.29, 0.717) is 57.3 Å². The molecule has 0 aliphatic carbocycles. The van der Waals surface area contributed by atoms with Crippen LogP contribution in [0.25, 0.3) is 0 Å². The maximum absolute atomic E-state index is 14.0. The van der Waals surface area contributed by atoms with Gasteiger partial charge in [0.25, 0.3) is 0 Å². The fourth-order valence-corrected chi connectivity index (χ4v) is 8.14. The summed E-state index contributed by atoms with van der Waals surface area (Å²) in [6.07, 6.45) is 6.79. The third kappa shape index (κ3) is 8.19. The van der Waals surface area contributed by atoms with Gasteiger partial charge in [-0.15, -0.1) is 0 Å². The monoisotopic (exact) mass is 755 g/mol. The zero-order valence-corrected chi connectivity index (χ0v) is 29.1. The highest BCUT2D eigenvalue weighted by molar-refractivity contribution is 14.1. The highest BCUT2D eigenvalue weighted by Crippen LogP contribution is 2.28. The normalized spacial score (nSPS) is 20.3. The van der Waals surface area contributed by atoms with Crippen molar-refractivity contribution in [3.63, 3.8) is 0 Å². The van der Waals surface area contributed by atoms with Gasteiger partial charge in [0.1, 0.15) is 6.04 Å². The van der Waals surface area contributed by atoms with Crippen molar-refractivity contribution in [2.24, 2.45) is 0 Å². The molecule has 6 rings (SSSR count). The van der Waals surface area contributed by atoms with Crippen LogP contribution in [0.4, 0.5) is 21.0 Å². The standard InChI is InChI=1S/C35H46IN7O4/c36-23-25-8-2-4-10-29(25)37-34(46)38-31(33(45)42-20-12-27(13-21-42)40-16-6-1-7-17-40)22-32(44)41-18-14-28(15-19-41)43-24-26-9-3-5-11-30(26)39-35(43)47/h2-5,8-11,27-28,31H,1,6-7,12-24H2,(H,39,47)(H2,37,38,46)/t31-/m0/s1. The molecule has 252 valence electrons. The molecule has 4 aliphatic rings. The van der Waals surface area contributed by atoms with E-state index in [1.807, 2.05) is 58.3 Å². The van der Waals surface area contributed by atoms with Crippen LogP contribution < -0.4 is 16.0 Å². The molecule has 3 N–H and O–H groups in total. The van der Waals surface area contributed by atoms with Crippen molar-refractivity contribution in [2.75, 3.05) is 49.9 Å². The molecule has 0 unspecified atom stereocenters. The number of benzene rings is 2. The van der Waals surface area contributed by atoms with Crippen molar-refractivity contribution in [3.8, 4) is 0 Å². The smallest absolute Gasteiger partial charge is 0.322 e. The number of nitrogens with zero attached hydrogens (tertiary/aromatic N) is 4. The third-order valence-electron chi connectivity index (χ3n) is 10.2. The second-order valence-electron chi connectivity index (χ2n) is 13.1. The first-order valence-corrected chi connectivity index (χ1v) is 18.6. The van der Waals surface area contributed by atoms with Crippen LogP contribution in [0.1, 0.15) is 62.5 Å². The number of para-hydroxylation sites is 2. The number of halogens is 1. The Bertz CT molecular complexity index is 1430. The lowest BCUT2D eigenvalue weighted by molar-refractivity contribution is -0.140. The summed E-state index contributed by atoms with van der Waals surface area (Å²) in [5, 5.41) is 8.77. The van der Waals surface area contributed by atoms with Gasteiger partial charge in [-0.3, -0.25) is 9.59 Å². The predicted molar refractivity (Wildman–Crippen MR) is 190 cm³/mol. The molecular formula is C35H46IN7O4. The van der Waals surface area contributed by atoms with E-state index in [2.05, 4.69) is 43.4 Å². The number of hydrogen-bond acceptors (Lipinski definition) is 5. The van der Waals surface area contributed by atoms with Gasteiger partial charge in [0.2, 0.25) is 11.8 Å². The number of amides is 6. The molecule has 1 atom stereocenters. The maximum Gasteiger partial charge on any atom is 0.322 e. The van der Waals surface area contributed by atoms with Crippen LogP contribution in [0, 0.1) is 0 Å². The van der Waals surface area contributed by atoms with Crippen LogP contribution in [0.3, 0.4) is 0 Å². The van der Waals surface area contributed by atoms with E-state index in [0.717, 1.165) is 47.2 Å². The summed E-state index contributed by atoms with van der Waals surface area (Å²) in [6.45, 7) is 5.03. The van der Waals surface area contributed by atoms with Crippen molar-refractivity contribution in [1.82, 2.24) is 24.9 Å². The number of carbonyl (C=O) groups excluding carboxylic acids is 4. The SMILES string of the molecule is O=C(Nc1ccccc1CI)N[C@@H](CC(=O)N1CCC(N2Cc3ccccc3NC2=O)CC1)C(=O)N1CCC(N2CCCCC2)CC1. The summed E-state index contributed by atoms with van der Waals surface area (Å²) in [4.78, 5) is 61.8. The fraction of sp³-hybridized carbons (Fsp3) is 0.543. The molecule has 11 nitrogen and oxygen atoms in total. The minimum absolute atomic E-state index is 0.0212. The Balaban J connectivity index is 1.08. The Morgan fingerprint density at radius 3 is 2.23 bits per heavy atom. The van der Waals surface area contributed by atoms with Crippen molar-refractivity contribution >= 4 is 57.8 Å². The Hall–Kier alpha value is -3.39. The average Bonchev–Trinajstić information content (AvgIpc) is 3.11. The van der Waals surface area contributed by atoms with Crippen LogP contribution in [0.15, 0.2) is 48.5 Å². The van der Waals surface area contributed by atoms with Crippen LogP contribution >= 0.6 is 22.6 Å². The van der Waals surface area contributed by atoms with Gasteiger partial charge >= 0.3 is 12.1 Å². The first-order valence-electron chi connectivity index (χ1n) is 17.1. The summed E-state index contributed by atoms with van der Waals surface area (Å²) in [5.41, 5.74) is 3.60. The minimum atomic E-state index is -0.970. The van der Waals surface area contributed by atoms with Crippen molar-refractivity contribution in [2.45, 2.75) is 80.5 Å². The number of anilines is 2. The average molecular weight is 756 g/mol. The topological polar surface area (TPSA) is 117 Å². The number of alkyl halides is 1. The number of fused-ring (bicyclic) bond motifs is 1. The number of piperidine rings is 3. The molecule has 4 aliphatic heterocycles. The van der Waals surface area contributed by atoms with E-state index in [9.17, 15) is 19.2 Å². The quantitative estimate of drug-likeness (QED) is 0.259. The van der Waals surface area contributed by atoms with Gasteiger partial charge < -0.3 is 35.6 Å². The van der Waals surface area contributed by atoms with Crippen molar-refractivity contribution < 1.29 is 19.2 Å². The van der Waals surface area contributed by atoms with Crippen molar-refractivity contribution in [3.05, 3.63) is 59.7 Å². The van der Waals surface area contributed by atoms with Gasteiger partial charge in [0.15, 0.2) is 0 Å². The highest BCUT2D eigenvalue weighted by Gasteiger charge is 2.36. The fourth-order valence-electron chi connectivity index (χ4n) is 7.48. The second-order valence-corrected chi connectivity index (χ2v) is 13.9. The molecule has 0 saturated carbocycles. The van der Waals surface area contributed by atoms with Crippen molar-refractivity contribution in [1.29, 1.82) is 0 Å². The number of carbonyl (C=O) groups is 4. The third-order valence-corrected chi connectivity index (χ3v) is 11.0. The second kappa shape index (κ2) is 15.7. The number of likely N-dealkylation sites (tertiary alicyclic amines) is 3. The van der Waals surface area contributed by atoms with Crippen LogP contribution in [-0.4, -0.2) is 101 Å². The molecule has 3 fully saturated rings. The lowest BCUT2D eigenvalue weighted by Crippen LogP contribution is -2.56. The Morgan fingerprint density at radius 1 is 0.830 bits per heavy atom. The molecule has 4 heterocycles. The number of nitrogens with one attached hydrogen (secondary N) is 3. The van der Waals surface area contributed by atoms with E-state index >= 15 is 0 Å². The lowest BCUT2D eigenvalue weighted by atomic mass is 9.98. The molecule has 6 amide bonds. The zero-order chi connectivity index (χ0) is 32.8. The number of rotatable bonds is 8. The first-order chi connectivity index (χ1) is 22.9. The molecule has 47 heavy (non-hydrogen) atoms. The Morgan fingerprint density at radius 2 is 1.49 bits per heavy atom. The first kappa shape index (κ1) is 33.5. The zero-order valence-electron chi connectivity index (χ0n) is 27.0. The summed E-state index contributed by atoms with van der Waals surface area (Å²) < 4.78 is 0.725. The van der Waals surface area contributed by atoms with E-state index in [1.165, 1.54) is 19.3 Å². The van der Waals surface area contributed by atoms with Gasteiger partial charge in [-0.1, -0.05) is 65.4 Å². The Kier molecular flexibility index (Phi) is 11.2. The molecule has 0 spiro atoms. The summed E-state index contributed by atoms with van der Waals surface area (Å²) >= 11 is 2.25. The summed E-state index contributed by atoms with van der Waals surface area (Å²) in [7, 11) is 0. The lowest BCUT2D eigenvalue weighted by Gasteiger charge is -2.41. The molecular weight excluding hydrogens is 709 g/mol. The maximum atomic E-state index is 14.0. The molecule has 2 aromatic rings. The molecule has 12 heteroatoms. The molecule has 3 saturated heterocycles. The Labute approximate surface area is 290 Å². The van der Waals surface area contributed by atoms with Gasteiger partial charge in [-0.25, -0.2) is 9.59 Å². The van der Waals surface area contributed by atoms with Gasteiger partial charge in [-0.05, 0) is 74.9 Å². The molecule has 0 bridgehead atoms. The highest BCUT2D eigenvalue weighted by atomic mass is 127. The molecule has 0 radical (unpaired) electrons. The van der Waals surface area contributed by atoms with Gasteiger partial charge in [0.05, 0.1) is 6.42 Å². The molecule has 2 aromatic carbocycles. The number of urea groups is 2. The van der Waals surface area contributed by atoms with E-state index in [1.54, 1.807) is 4.90 Å².